The van der Waals surface area contributed by atoms with Crippen LogP contribution in [0.4, 0.5) is 4.39 Å². The van der Waals surface area contributed by atoms with E-state index in [-0.39, 0.29) is 18.2 Å². The van der Waals surface area contributed by atoms with Crippen molar-refractivity contribution in [2.45, 2.75) is 6.92 Å². The van der Waals surface area contributed by atoms with Crippen LogP contribution in [0.15, 0.2) is 48.5 Å². The number of rotatable bonds is 2. The summed E-state index contributed by atoms with van der Waals surface area (Å²) in [5.41, 5.74) is 1.27. The van der Waals surface area contributed by atoms with Crippen LogP contribution >= 0.6 is 21.0 Å². The second kappa shape index (κ2) is 5.98. The first-order chi connectivity index (χ1) is 7.24. The highest BCUT2D eigenvalue weighted by Gasteiger charge is 1.96. The molecule has 0 aliphatic rings. The molecule has 3 heteroatoms. The SMILES string of the molecule is Cc1ccc(Pc2ccc(F)cc2)cc1.Cl. The quantitative estimate of drug-likeness (QED) is 0.722. The zero-order valence-corrected chi connectivity index (χ0v) is 10.7. The van der Waals surface area contributed by atoms with E-state index in [0.717, 1.165) is 0 Å². The van der Waals surface area contributed by atoms with Crippen molar-refractivity contribution in [2.75, 3.05) is 0 Å². The molecule has 0 amide bonds. The largest absolute Gasteiger partial charge is 0.207 e. The van der Waals surface area contributed by atoms with Gasteiger partial charge in [0, 0.05) is 0 Å². The van der Waals surface area contributed by atoms with Crippen LogP contribution < -0.4 is 10.6 Å². The van der Waals surface area contributed by atoms with E-state index in [9.17, 15) is 4.39 Å². The van der Waals surface area contributed by atoms with Crippen LogP contribution in [-0.4, -0.2) is 0 Å². The van der Waals surface area contributed by atoms with Gasteiger partial charge in [-0.2, -0.15) is 0 Å². The molecule has 2 aromatic rings. The zero-order valence-electron chi connectivity index (χ0n) is 8.91. The maximum absolute atomic E-state index is 12.7. The summed E-state index contributed by atoms with van der Waals surface area (Å²) < 4.78 is 12.7. The van der Waals surface area contributed by atoms with Crippen molar-refractivity contribution in [3.05, 3.63) is 59.9 Å². The van der Waals surface area contributed by atoms with Gasteiger partial charge in [0.25, 0.3) is 0 Å². The van der Waals surface area contributed by atoms with Gasteiger partial charge in [-0.15, -0.1) is 12.4 Å². The lowest BCUT2D eigenvalue weighted by atomic mass is 10.2. The second-order valence-electron chi connectivity index (χ2n) is 3.50. The van der Waals surface area contributed by atoms with Gasteiger partial charge >= 0.3 is 0 Å². The molecule has 0 N–H and O–H groups in total. The van der Waals surface area contributed by atoms with E-state index in [1.165, 1.54) is 28.3 Å². The third kappa shape index (κ3) is 3.59. The molecule has 2 aromatic carbocycles. The Balaban J connectivity index is 0.00000128. The average molecular weight is 255 g/mol. The number of aryl methyl sites for hydroxylation is 1. The van der Waals surface area contributed by atoms with E-state index in [2.05, 4.69) is 31.2 Å². The minimum absolute atomic E-state index is 0. The molecule has 0 bridgehead atoms. The number of hydrogen-bond acceptors (Lipinski definition) is 0. The Morgan fingerprint density at radius 1 is 0.812 bits per heavy atom. The van der Waals surface area contributed by atoms with Crippen LogP contribution in [0.3, 0.4) is 0 Å². The fourth-order valence-electron chi connectivity index (χ4n) is 1.34. The lowest BCUT2D eigenvalue weighted by Gasteiger charge is -2.02. The van der Waals surface area contributed by atoms with E-state index in [0.29, 0.717) is 8.58 Å². The van der Waals surface area contributed by atoms with E-state index < -0.39 is 0 Å². The molecule has 0 radical (unpaired) electrons. The number of benzene rings is 2. The Morgan fingerprint density at radius 3 is 1.75 bits per heavy atom. The lowest BCUT2D eigenvalue weighted by Crippen LogP contribution is -2.02. The summed E-state index contributed by atoms with van der Waals surface area (Å²) in [5, 5.41) is 2.45. The van der Waals surface area contributed by atoms with E-state index >= 15 is 0 Å². The summed E-state index contributed by atoms with van der Waals surface area (Å²) in [6, 6.07) is 15.2. The van der Waals surface area contributed by atoms with Gasteiger partial charge in [0.15, 0.2) is 0 Å². The van der Waals surface area contributed by atoms with Crippen LogP contribution in [0.1, 0.15) is 5.56 Å². The van der Waals surface area contributed by atoms with Crippen LogP contribution in [0.5, 0.6) is 0 Å². The van der Waals surface area contributed by atoms with E-state index in [4.69, 9.17) is 0 Å². The molecule has 0 saturated heterocycles. The summed E-state index contributed by atoms with van der Waals surface area (Å²) in [7, 11) is 0.603. The molecule has 84 valence electrons. The highest BCUT2D eigenvalue weighted by molar-refractivity contribution is 7.55. The van der Waals surface area contributed by atoms with Gasteiger partial charge in [-0.05, 0) is 29.7 Å². The predicted molar refractivity (Wildman–Crippen MR) is 72.4 cm³/mol. The number of hydrogen-bond donors (Lipinski definition) is 0. The third-order valence-electron chi connectivity index (χ3n) is 2.18. The summed E-state index contributed by atoms with van der Waals surface area (Å²) in [4.78, 5) is 0. The molecular weight excluding hydrogens is 242 g/mol. The molecule has 0 nitrogen and oxygen atoms in total. The normalized spacial score (nSPS) is 10.4. The molecule has 0 saturated carbocycles. The van der Waals surface area contributed by atoms with Gasteiger partial charge in [-0.1, -0.05) is 50.5 Å². The summed E-state index contributed by atoms with van der Waals surface area (Å²) in [6.07, 6.45) is 0. The predicted octanol–water partition coefficient (Wildman–Crippen LogP) is 3.19. The Bertz CT molecular complexity index is 393. The molecule has 0 aliphatic carbocycles. The first-order valence-corrected chi connectivity index (χ1v) is 5.83. The monoisotopic (exact) mass is 254 g/mol. The zero-order chi connectivity index (χ0) is 10.7. The van der Waals surface area contributed by atoms with Crippen molar-refractivity contribution in [3.63, 3.8) is 0 Å². The van der Waals surface area contributed by atoms with Crippen molar-refractivity contribution >= 4 is 31.6 Å². The average Bonchev–Trinajstić information content (AvgIpc) is 2.25. The minimum Gasteiger partial charge on any atom is -0.207 e. The third-order valence-corrected chi connectivity index (χ3v) is 3.43. The molecule has 0 aromatic heterocycles. The topological polar surface area (TPSA) is 0 Å². The van der Waals surface area contributed by atoms with Crippen molar-refractivity contribution in [3.8, 4) is 0 Å². The van der Waals surface area contributed by atoms with Crippen LogP contribution in [0, 0.1) is 12.7 Å². The molecule has 0 fully saturated rings. The fraction of sp³-hybridized carbons (Fsp3) is 0.0769. The lowest BCUT2D eigenvalue weighted by molar-refractivity contribution is 0.628. The van der Waals surface area contributed by atoms with Crippen LogP contribution in [0.2, 0.25) is 0 Å². The first kappa shape index (κ1) is 13.2. The minimum atomic E-state index is -0.174. The van der Waals surface area contributed by atoms with Crippen molar-refractivity contribution < 1.29 is 4.39 Å². The Kier molecular flexibility index (Phi) is 4.92. The van der Waals surface area contributed by atoms with Crippen molar-refractivity contribution in [2.24, 2.45) is 0 Å². The van der Waals surface area contributed by atoms with E-state index in [1.807, 2.05) is 12.1 Å². The molecule has 0 aliphatic heterocycles. The second-order valence-corrected chi connectivity index (χ2v) is 4.90. The molecule has 1 unspecified atom stereocenters. The summed E-state index contributed by atoms with van der Waals surface area (Å²) in [5.74, 6) is -0.174. The molecule has 1 atom stereocenters. The Hall–Kier alpha value is -0.910. The van der Waals surface area contributed by atoms with Crippen LogP contribution in [0.25, 0.3) is 0 Å². The van der Waals surface area contributed by atoms with Gasteiger partial charge in [0.05, 0.1) is 0 Å². The smallest absolute Gasteiger partial charge is 0.123 e. The Labute approximate surface area is 103 Å². The Morgan fingerprint density at radius 2 is 1.25 bits per heavy atom. The number of halogens is 2. The summed E-state index contributed by atoms with van der Waals surface area (Å²) in [6.45, 7) is 2.07. The summed E-state index contributed by atoms with van der Waals surface area (Å²) >= 11 is 0. The van der Waals surface area contributed by atoms with Crippen molar-refractivity contribution in [1.82, 2.24) is 0 Å². The van der Waals surface area contributed by atoms with Crippen molar-refractivity contribution in [1.29, 1.82) is 0 Å². The first-order valence-electron chi connectivity index (χ1n) is 4.83. The highest BCUT2D eigenvalue weighted by atomic mass is 35.5. The van der Waals surface area contributed by atoms with Gasteiger partial charge < -0.3 is 0 Å². The maximum atomic E-state index is 12.7. The van der Waals surface area contributed by atoms with Gasteiger partial charge in [0.1, 0.15) is 5.82 Å². The highest BCUT2D eigenvalue weighted by Crippen LogP contribution is 2.11. The van der Waals surface area contributed by atoms with Gasteiger partial charge in [-0.25, -0.2) is 4.39 Å². The standard InChI is InChI=1S/C13H12FP.ClH/c1-10-2-6-12(7-3-10)15-13-8-4-11(14)5-9-13;/h2-9,15H,1H3;1H. The molecule has 2 rings (SSSR count). The van der Waals surface area contributed by atoms with Gasteiger partial charge in [0.2, 0.25) is 0 Å². The van der Waals surface area contributed by atoms with Gasteiger partial charge in [-0.3, -0.25) is 0 Å². The van der Waals surface area contributed by atoms with Crippen LogP contribution in [-0.2, 0) is 0 Å². The maximum Gasteiger partial charge on any atom is 0.123 e. The molecule has 16 heavy (non-hydrogen) atoms. The molecule has 0 spiro atoms. The molecule has 0 heterocycles. The van der Waals surface area contributed by atoms with E-state index in [1.54, 1.807) is 0 Å². The molecular formula is C13H13ClFP. The fourth-order valence-corrected chi connectivity index (χ4v) is 2.34.